The third-order valence-corrected chi connectivity index (χ3v) is 5.67. The normalized spacial score (nSPS) is 40.9. The average Bonchev–Trinajstić information content (AvgIpc) is 2.58. The molecule has 3 nitrogen and oxygen atoms in total. The molecular formula is C13H25NO2. The molecule has 0 aromatic rings. The van der Waals surface area contributed by atoms with Crippen molar-refractivity contribution < 1.29 is 10.2 Å². The van der Waals surface area contributed by atoms with E-state index in [1.165, 1.54) is 19.3 Å². The van der Waals surface area contributed by atoms with Gasteiger partial charge >= 0.3 is 0 Å². The van der Waals surface area contributed by atoms with Crippen LogP contribution in [0, 0.1) is 16.7 Å². The summed E-state index contributed by atoms with van der Waals surface area (Å²) in [5, 5.41) is 21.7. The molecule has 0 aromatic heterocycles. The Labute approximate surface area is 98.2 Å². The Kier molecular flexibility index (Phi) is 3.06. The first kappa shape index (κ1) is 12.3. The summed E-state index contributed by atoms with van der Waals surface area (Å²) in [5.74, 6) is 0.799. The molecule has 2 fully saturated rings. The van der Waals surface area contributed by atoms with Gasteiger partial charge in [0.05, 0.1) is 19.3 Å². The van der Waals surface area contributed by atoms with Crippen LogP contribution >= 0.6 is 0 Å². The molecule has 0 spiro atoms. The monoisotopic (exact) mass is 227 g/mol. The molecule has 2 aliphatic carbocycles. The standard InChI is InChI=1S/C13H25NO2/c1-12(2)9-4-5-13(12,3)11(6-9)14-10(7-15)8-16/h9-11,14-16H,4-8H2,1-3H3/t9?,11?,13-/m0/s1. The van der Waals surface area contributed by atoms with Crippen molar-refractivity contribution in [2.45, 2.75) is 52.1 Å². The van der Waals surface area contributed by atoms with E-state index < -0.39 is 0 Å². The largest absolute Gasteiger partial charge is 0.395 e. The number of hydrogen-bond acceptors (Lipinski definition) is 3. The Bertz CT molecular complexity index is 263. The van der Waals surface area contributed by atoms with Gasteiger partial charge in [-0.1, -0.05) is 20.8 Å². The molecule has 0 radical (unpaired) electrons. The van der Waals surface area contributed by atoms with E-state index in [2.05, 4.69) is 26.1 Å². The Hall–Kier alpha value is -0.120. The van der Waals surface area contributed by atoms with Gasteiger partial charge in [-0.2, -0.15) is 0 Å². The maximum absolute atomic E-state index is 9.15. The zero-order valence-corrected chi connectivity index (χ0v) is 10.7. The topological polar surface area (TPSA) is 52.5 Å². The predicted octanol–water partition coefficient (Wildman–Crippen LogP) is 1.14. The van der Waals surface area contributed by atoms with Gasteiger partial charge in [-0.15, -0.1) is 0 Å². The first-order chi connectivity index (χ1) is 7.45. The Morgan fingerprint density at radius 1 is 1.25 bits per heavy atom. The summed E-state index contributed by atoms with van der Waals surface area (Å²) in [4.78, 5) is 0. The van der Waals surface area contributed by atoms with E-state index >= 15 is 0 Å². The highest BCUT2D eigenvalue weighted by Crippen LogP contribution is 2.65. The second-order valence-electron chi connectivity index (χ2n) is 6.39. The zero-order valence-electron chi connectivity index (χ0n) is 10.7. The minimum absolute atomic E-state index is 0.0220. The van der Waals surface area contributed by atoms with E-state index in [1.54, 1.807) is 0 Å². The summed E-state index contributed by atoms with van der Waals surface area (Å²) < 4.78 is 0. The third kappa shape index (κ3) is 1.52. The van der Waals surface area contributed by atoms with Crippen LogP contribution in [-0.4, -0.2) is 35.5 Å². The average molecular weight is 227 g/mol. The first-order valence-electron chi connectivity index (χ1n) is 6.43. The molecule has 2 bridgehead atoms. The highest BCUT2D eigenvalue weighted by atomic mass is 16.3. The number of hydrogen-bond donors (Lipinski definition) is 3. The molecule has 2 saturated carbocycles. The molecule has 16 heavy (non-hydrogen) atoms. The van der Waals surface area contributed by atoms with Crippen molar-refractivity contribution in [2.24, 2.45) is 16.7 Å². The van der Waals surface area contributed by atoms with Crippen LogP contribution in [0.25, 0.3) is 0 Å². The molecule has 2 rings (SSSR count). The number of aliphatic hydroxyl groups is 2. The summed E-state index contributed by atoms with van der Waals surface area (Å²) >= 11 is 0. The van der Waals surface area contributed by atoms with Crippen molar-refractivity contribution in [3.8, 4) is 0 Å². The Morgan fingerprint density at radius 2 is 1.88 bits per heavy atom. The SMILES string of the molecule is CC1(C)C2CC[C@@]1(C)C(NC(CO)CO)C2. The van der Waals surface area contributed by atoms with E-state index in [1.807, 2.05) is 0 Å². The molecule has 94 valence electrons. The third-order valence-electron chi connectivity index (χ3n) is 5.67. The summed E-state index contributed by atoms with van der Waals surface area (Å²) in [6, 6.07) is 0.294. The summed E-state index contributed by atoms with van der Waals surface area (Å²) in [7, 11) is 0. The van der Waals surface area contributed by atoms with E-state index in [0.29, 0.717) is 16.9 Å². The second kappa shape index (κ2) is 3.97. The van der Waals surface area contributed by atoms with E-state index in [4.69, 9.17) is 10.2 Å². The highest BCUT2D eigenvalue weighted by Gasteiger charge is 2.61. The maximum atomic E-state index is 9.15. The van der Waals surface area contributed by atoms with Crippen LogP contribution in [0.5, 0.6) is 0 Å². The van der Waals surface area contributed by atoms with Gasteiger partial charge in [0, 0.05) is 6.04 Å². The molecule has 0 aliphatic heterocycles. The van der Waals surface area contributed by atoms with E-state index in [0.717, 1.165) is 5.92 Å². The number of fused-ring (bicyclic) bond motifs is 2. The maximum Gasteiger partial charge on any atom is 0.0607 e. The lowest BCUT2D eigenvalue weighted by Gasteiger charge is -2.40. The molecule has 3 N–H and O–H groups in total. The summed E-state index contributed by atoms with van der Waals surface area (Å²) in [5.41, 5.74) is 0.709. The van der Waals surface area contributed by atoms with Crippen LogP contribution in [0.1, 0.15) is 40.0 Å². The van der Waals surface area contributed by atoms with Gasteiger partial charge in [0.2, 0.25) is 0 Å². The summed E-state index contributed by atoms with van der Waals surface area (Å²) in [6.45, 7) is 7.16. The fourth-order valence-electron chi connectivity index (χ4n) is 3.90. The fraction of sp³-hybridized carbons (Fsp3) is 1.00. The van der Waals surface area contributed by atoms with Crippen molar-refractivity contribution in [3.05, 3.63) is 0 Å². The van der Waals surface area contributed by atoms with Crippen LogP contribution in [-0.2, 0) is 0 Å². The van der Waals surface area contributed by atoms with Crippen molar-refractivity contribution in [1.29, 1.82) is 0 Å². The van der Waals surface area contributed by atoms with Gasteiger partial charge in [-0.3, -0.25) is 0 Å². The second-order valence-corrected chi connectivity index (χ2v) is 6.39. The van der Waals surface area contributed by atoms with E-state index in [9.17, 15) is 0 Å². The highest BCUT2D eigenvalue weighted by molar-refractivity contribution is 5.13. The molecule has 0 heterocycles. The van der Waals surface area contributed by atoms with Gasteiger partial charge < -0.3 is 15.5 Å². The first-order valence-corrected chi connectivity index (χ1v) is 6.43. The zero-order chi connectivity index (χ0) is 12.0. The minimum atomic E-state index is -0.156. The summed E-state index contributed by atoms with van der Waals surface area (Å²) in [6.07, 6.45) is 3.80. The predicted molar refractivity (Wildman–Crippen MR) is 64.1 cm³/mol. The minimum Gasteiger partial charge on any atom is -0.395 e. The van der Waals surface area contributed by atoms with Crippen molar-refractivity contribution in [1.82, 2.24) is 5.32 Å². The van der Waals surface area contributed by atoms with Crippen molar-refractivity contribution in [2.75, 3.05) is 13.2 Å². The van der Waals surface area contributed by atoms with Crippen LogP contribution in [0.3, 0.4) is 0 Å². The van der Waals surface area contributed by atoms with Gasteiger partial charge in [0.25, 0.3) is 0 Å². The Morgan fingerprint density at radius 3 is 2.25 bits per heavy atom. The molecule has 3 heteroatoms. The van der Waals surface area contributed by atoms with Crippen LogP contribution in [0.2, 0.25) is 0 Å². The van der Waals surface area contributed by atoms with Gasteiger partial charge in [-0.25, -0.2) is 0 Å². The van der Waals surface area contributed by atoms with Gasteiger partial charge in [0.1, 0.15) is 0 Å². The number of aliphatic hydroxyl groups excluding tert-OH is 2. The van der Waals surface area contributed by atoms with Crippen molar-refractivity contribution in [3.63, 3.8) is 0 Å². The van der Waals surface area contributed by atoms with Crippen LogP contribution in [0.4, 0.5) is 0 Å². The lowest BCUT2D eigenvalue weighted by atomic mass is 9.69. The molecule has 0 saturated heterocycles. The molecule has 2 aliphatic rings. The van der Waals surface area contributed by atoms with Crippen LogP contribution in [0.15, 0.2) is 0 Å². The van der Waals surface area contributed by atoms with E-state index in [-0.39, 0.29) is 19.3 Å². The van der Waals surface area contributed by atoms with Crippen LogP contribution < -0.4 is 5.32 Å². The molecular weight excluding hydrogens is 202 g/mol. The fourth-order valence-corrected chi connectivity index (χ4v) is 3.90. The molecule has 3 atom stereocenters. The molecule has 2 unspecified atom stereocenters. The molecule has 0 aromatic carbocycles. The lowest BCUT2D eigenvalue weighted by Crippen LogP contribution is -2.50. The van der Waals surface area contributed by atoms with Gasteiger partial charge in [0.15, 0.2) is 0 Å². The van der Waals surface area contributed by atoms with Gasteiger partial charge in [-0.05, 0) is 36.0 Å². The quantitative estimate of drug-likeness (QED) is 0.675. The number of rotatable bonds is 4. The smallest absolute Gasteiger partial charge is 0.0607 e. The number of nitrogens with one attached hydrogen (secondary N) is 1. The Balaban J connectivity index is 2.09. The van der Waals surface area contributed by atoms with Crippen molar-refractivity contribution >= 4 is 0 Å². The lowest BCUT2D eigenvalue weighted by molar-refractivity contribution is 0.0925. The molecule has 0 amide bonds.